The normalized spacial score (nSPS) is 17.6. The van der Waals surface area contributed by atoms with Gasteiger partial charge in [-0.15, -0.1) is 24.0 Å². The van der Waals surface area contributed by atoms with Gasteiger partial charge in [0.2, 0.25) is 5.91 Å². The summed E-state index contributed by atoms with van der Waals surface area (Å²) in [6.45, 7) is 5.13. The first kappa shape index (κ1) is 21.9. The van der Waals surface area contributed by atoms with Gasteiger partial charge < -0.3 is 20.4 Å². The zero-order valence-corrected chi connectivity index (χ0v) is 19.3. The van der Waals surface area contributed by atoms with Crippen LogP contribution >= 0.6 is 39.9 Å². The van der Waals surface area contributed by atoms with Crippen molar-refractivity contribution in [1.29, 1.82) is 0 Å². The van der Waals surface area contributed by atoms with E-state index >= 15 is 0 Å². The third-order valence-electron chi connectivity index (χ3n) is 4.50. The lowest BCUT2D eigenvalue weighted by Gasteiger charge is -2.34. The average Bonchev–Trinajstić information content (AvgIpc) is 3.00. The maximum Gasteiger partial charge on any atom is 0.217 e. The highest BCUT2D eigenvalue weighted by Gasteiger charge is 2.23. The number of carbonyl (C=O) groups is 1. The van der Waals surface area contributed by atoms with E-state index < -0.39 is 0 Å². The fourth-order valence-electron chi connectivity index (χ4n) is 3.38. The van der Waals surface area contributed by atoms with Gasteiger partial charge in [-0.1, -0.05) is 0 Å². The maximum absolute atomic E-state index is 11.2. The van der Waals surface area contributed by atoms with E-state index in [2.05, 4.69) is 38.1 Å². The summed E-state index contributed by atoms with van der Waals surface area (Å²) in [5.41, 5.74) is 7.19. The van der Waals surface area contributed by atoms with Gasteiger partial charge in [-0.05, 0) is 53.7 Å². The van der Waals surface area contributed by atoms with E-state index in [0.29, 0.717) is 18.9 Å². The van der Waals surface area contributed by atoms with Gasteiger partial charge in [-0.2, -0.15) is 0 Å². The number of rotatable bonds is 5. The SMILES string of the molecule is CCNC(=NCc1cn2cc(Br)ccc2n1)N1CCCC(CC(N)=O)C1.I. The molecule has 3 N–H and O–H groups in total. The van der Waals surface area contributed by atoms with Gasteiger partial charge >= 0.3 is 0 Å². The molecule has 0 radical (unpaired) electrons. The number of pyridine rings is 1. The molecule has 9 heteroatoms. The van der Waals surface area contributed by atoms with Crippen LogP contribution in [0.1, 0.15) is 31.9 Å². The topological polar surface area (TPSA) is 88.0 Å². The Morgan fingerprint density at radius 2 is 2.26 bits per heavy atom. The Hall–Kier alpha value is -1.36. The number of nitrogens with one attached hydrogen (secondary N) is 1. The number of guanidine groups is 1. The van der Waals surface area contributed by atoms with Crippen molar-refractivity contribution in [2.24, 2.45) is 16.6 Å². The highest BCUT2D eigenvalue weighted by Crippen LogP contribution is 2.19. The second-order valence-corrected chi connectivity index (χ2v) is 7.56. The molecule has 3 heterocycles. The lowest BCUT2D eigenvalue weighted by atomic mass is 9.95. The fourth-order valence-corrected chi connectivity index (χ4v) is 3.74. The number of piperidine rings is 1. The summed E-state index contributed by atoms with van der Waals surface area (Å²) >= 11 is 3.47. The summed E-state index contributed by atoms with van der Waals surface area (Å²) in [7, 11) is 0. The van der Waals surface area contributed by atoms with E-state index in [0.717, 1.165) is 54.2 Å². The lowest BCUT2D eigenvalue weighted by Crippen LogP contribution is -2.47. The molecule has 0 aliphatic carbocycles. The highest BCUT2D eigenvalue weighted by atomic mass is 127. The first-order chi connectivity index (χ1) is 12.5. The molecule has 27 heavy (non-hydrogen) atoms. The van der Waals surface area contributed by atoms with Crippen LogP contribution in [0, 0.1) is 5.92 Å². The fraction of sp³-hybridized carbons (Fsp3) is 0.500. The standard InChI is InChI=1S/C18H25BrN6O.HI/c1-2-21-18(24-7-3-4-13(10-24)8-16(20)26)22-9-15-12-25-11-14(19)5-6-17(25)23-15;/h5-6,11-13H,2-4,7-10H2,1H3,(H2,20,26)(H,21,22);1H. The molecule has 1 atom stereocenters. The number of imidazole rings is 1. The van der Waals surface area contributed by atoms with Crippen molar-refractivity contribution in [2.75, 3.05) is 19.6 Å². The van der Waals surface area contributed by atoms with Gasteiger partial charge in [0, 0.05) is 42.9 Å². The molecule has 7 nitrogen and oxygen atoms in total. The number of likely N-dealkylation sites (tertiary alicyclic amines) is 1. The van der Waals surface area contributed by atoms with Crippen molar-refractivity contribution < 1.29 is 4.79 Å². The van der Waals surface area contributed by atoms with E-state index in [-0.39, 0.29) is 29.9 Å². The smallest absolute Gasteiger partial charge is 0.217 e. The highest BCUT2D eigenvalue weighted by molar-refractivity contribution is 14.0. The Morgan fingerprint density at radius 3 is 3.00 bits per heavy atom. The zero-order valence-electron chi connectivity index (χ0n) is 15.4. The molecule has 0 saturated carbocycles. The third-order valence-corrected chi connectivity index (χ3v) is 4.97. The van der Waals surface area contributed by atoms with Crippen molar-refractivity contribution in [1.82, 2.24) is 19.6 Å². The Bertz CT molecular complexity index is 808. The third kappa shape index (κ3) is 6.06. The number of fused-ring (bicyclic) bond motifs is 1. The molecular formula is C18H26BrIN6O. The minimum Gasteiger partial charge on any atom is -0.370 e. The summed E-state index contributed by atoms with van der Waals surface area (Å²) in [6, 6.07) is 3.95. The van der Waals surface area contributed by atoms with Crippen LogP contribution in [0.25, 0.3) is 5.65 Å². The molecule has 2 aromatic heterocycles. The maximum atomic E-state index is 11.2. The number of nitrogens with zero attached hydrogens (tertiary/aromatic N) is 4. The Balaban J connectivity index is 0.00000261. The summed E-state index contributed by atoms with van der Waals surface area (Å²) in [6.07, 6.45) is 6.52. The number of halogens is 2. The van der Waals surface area contributed by atoms with E-state index in [9.17, 15) is 4.79 Å². The Morgan fingerprint density at radius 1 is 1.44 bits per heavy atom. The summed E-state index contributed by atoms with van der Waals surface area (Å²) in [4.78, 5) is 22.8. The van der Waals surface area contributed by atoms with Gasteiger partial charge in [-0.3, -0.25) is 4.79 Å². The molecule has 3 rings (SSSR count). The van der Waals surface area contributed by atoms with Crippen molar-refractivity contribution in [3.05, 3.63) is 34.7 Å². The molecule has 1 saturated heterocycles. The molecule has 2 aromatic rings. The van der Waals surface area contributed by atoms with Crippen LogP contribution in [0.5, 0.6) is 0 Å². The molecule has 0 spiro atoms. The largest absolute Gasteiger partial charge is 0.370 e. The average molecular weight is 549 g/mol. The molecule has 1 aliphatic rings. The number of nitrogens with two attached hydrogens (primary N) is 1. The predicted octanol–water partition coefficient (Wildman–Crippen LogP) is 2.77. The number of carbonyl (C=O) groups excluding carboxylic acids is 1. The van der Waals surface area contributed by atoms with E-state index in [1.54, 1.807) is 0 Å². The van der Waals surface area contributed by atoms with Gasteiger partial charge in [0.25, 0.3) is 0 Å². The van der Waals surface area contributed by atoms with Crippen LogP contribution in [-0.2, 0) is 11.3 Å². The summed E-state index contributed by atoms with van der Waals surface area (Å²) in [5, 5.41) is 3.36. The van der Waals surface area contributed by atoms with Crippen molar-refractivity contribution in [3.63, 3.8) is 0 Å². The molecule has 0 aromatic carbocycles. The van der Waals surface area contributed by atoms with Crippen LogP contribution < -0.4 is 11.1 Å². The van der Waals surface area contributed by atoms with Crippen molar-refractivity contribution in [3.8, 4) is 0 Å². The molecular weight excluding hydrogens is 523 g/mol. The second-order valence-electron chi connectivity index (χ2n) is 6.64. The van der Waals surface area contributed by atoms with Gasteiger partial charge in [0.1, 0.15) is 5.65 Å². The second kappa shape index (κ2) is 10.3. The van der Waals surface area contributed by atoms with E-state index in [4.69, 9.17) is 10.7 Å². The minimum absolute atomic E-state index is 0. The lowest BCUT2D eigenvalue weighted by molar-refractivity contribution is -0.119. The number of primary amides is 1. The predicted molar refractivity (Wildman–Crippen MR) is 121 cm³/mol. The number of amides is 1. The molecule has 1 fully saturated rings. The summed E-state index contributed by atoms with van der Waals surface area (Å²) in [5.74, 6) is 0.951. The minimum atomic E-state index is -0.227. The number of aliphatic imine (C=N–C) groups is 1. The molecule has 0 bridgehead atoms. The molecule has 1 unspecified atom stereocenters. The van der Waals surface area contributed by atoms with E-state index in [1.807, 2.05) is 28.9 Å². The van der Waals surface area contributed by atoms with Crippen LogP contribution in [0.4, 0.5) is 0 Å². The molecule has 1 amide bonds. The molecule has 1 aliphatic heterocycles. The van der Waals surface area contributed by atoms with Gasteiger partial charge in [0.15, 0.2) is 5.96 Å². The van der Waals surface area contributed by atoms with Gasteiger partial charge in [-0.25, -0.2) is 9.98 Å². The first-order valence-electron chi connectivity index (χ1n) is 9.00. The van der Waals surface area contributed by atoms with Crippen molar-refractivity contribution >= 4 is 57.4 Å². The van der Waals surface area contributed by atoms with E-state index in [1.165, 1.54) is 0 Å². The molecule has 148 valence electrons. The van der Waals surface area contributed by atoms with Crippen LogP contribution in [0.15, 0.2) is 34.0 Å². The number of hydrogen-bond donors (Lipinski definition) is 2. The quantitative estimate of drug-likeness (QED) is 0.342. The van der Waals surface area contributed by atoms with Crippen LogP contribution in [-0.4, -0.2) is 45.8 Å². The summed E-state index contributed by atoms with van der Waals surface area (Å²) < 4.78 is 3.01. The Labute approximate surface area is 184 Å². The number of aromatic nitrogens is 2. The first-order valence-corrected chi connectivity index (χ1v) is 9.79. The Kier molecular flexibility index (Phi) is 8.33. The van der Waals surface area contributed by atoms with Gasteiger partial charge in [0.05, 0.1) is 12.2 Å². The van der Waals surface area contributed by atoms with Crippen molar-refractivity contribution in [2.45, 2.75) is 32.7 Å². The zero-order chi connectivity index (χ0) is 18.5. The van der Waals surface area contributed by atoms with Crippen LogP contribution in [0.2, 0.25) is 0 Å². The van der Waals surface area contributed by atoms with Crippen LogP contribution in [0.3, 0.4) is 0 Å². The number of hydrogen-bond acceptors (Lipinski definition) is 3. The monoisotopic (exact) mass is 548 g/mol.